The average Bonchev–Trinajstić information content (AvgIpc) is 2.54. The second kappa shape index (κ2) is 8.28. The van der Waals surface area contributed by atoms with Gasteiger partial charge in [-0.1, -0.05) is 24.3 Å². The minimum Gasteiger partial charge on any atom is -0.508 e. The van der Waals surface area contributed by atoms with Gasteiger partial charge in [-0.2, -0.15) is 0 Å². The smallest absolute Gasteiger partial charge is 0.238 e. The first-order valence-electron chi connectivity index (χ1n) is 7.97. The first-order valence-corrected chi connectivity index (χ1v) is 9.52. The highest BCUT2D eigenvalue weighted by molar-refractivity contribution is 7.89. The summed E-state index contributed by atoms with van der Waals surface area (Å²) in [7, 11) is -3.62. The molecule has 0 saturated carbocycles. The van der Waals surface area contributed by atoms with Crippen molar-refractivity contribution in [3.8, 4) is 5.75 Å². The molecule has 0 aliphatic carbocycles. The van der Waals surface area contributed by atoms with E-state index in [1.807, 2.05) is 12.1 Å². The fourth-order valence-corrected chi connectivity index (χ4v) is 2.97. The maximum Gasteiger partial charge on any atom is 0.238 e. The summed E-state index contributed by atoms with van der Waals surface area (Å²) in [5.74, 6) is 0.290. The van der Waals surface area contributed by atoms with Gasteiger partial charge in [-0.3, -0.25) is 0 Å². The van der Waals surface area contributed by atoms with E-state index in [0.29, 0.717) is 11.8 Å². The molecular weight excluding hydrogens is 324 g/mol. The standard InChI is InChI=1S/C18H24N2O3S/c1-14(2-3-15-4-8-17(21)9-5-15)20-13-12-16-6-10-18(11-7-16)24(19,22)23/h4-11,14,20-21H,2-3,12-13H2,1H3,(H2,19,22,23). The van der Waals surface area contributed by atoms with Crippen LogP contribution in [-0.2, 0) is 22.9 Å². The maximum atomic E-state index is 11.2. The average molecular weight is 348 g/mol. The largest absolute Gasteiger partial charge is 0.508 e. The van der Waals surface area contributed by atoms with Crippen LogP contribution in [0.1, 0.15) is 24.5 Å². The van der Waals surface area contributed by atoms with Crippen LogP contribution in [0.5, 0.6) is 5.75 Å². The second-order valence-electron chi connectivity index (χ2n) is 6.00. The van der Waals surface area contributed by atoms with E-state index in [2.05, 4.69) is 12.2 Å². The van der Waals surface area contributed by atoms with E-state index in [-0.39, 0.29) is 4.90 Å². The number of phenolic OH excluding ortho intramolecular Hbond substituents is 1. The first kappa shape index (κ1) is 18.4. The van der Waals surface area contributed by atoms with Crippen LogP contribution in [0.15, 0.2) is 53.4 Å². The Balaban J connectivity index is 1.72. The molecule has 4 N–H and O–H groups in total. The highest BCUT2D eigenvalue weighted by Gasteiger charge is 2.07. The Kier molecular flexibility index (Phi) is 6.36. The summed E-state index contributed by atoms with van der Waals surface area (Å²) in [6.07, 6.45) is 2.79. The van der Waals surface area contributed by atoms with Crippen LogP contribution in [0.3, 0.4) is 0 Å². The molecule has 2 rings (SSSR count). The monoisotopic (exact) mass is 348 g/mol. The van der Waals surface area contributed by atoms with E-state index in [1.54, 1.807) is 36.4 Å². The van der Waals surface area contributed by atoms with E-state index in [1.165, 1.54) is 5.56 Å². The predicted octanol–water partition coefficient (Wildman–Crippen LogP) is 2.19. The fourth-order valence-electron chi connectivity index (χ4n) is 2.46. The highest BCUT2D eigenvalue weighted by atomic mass is 32.2. The van der Waals surface area contributed by atoms with Gasteiger partial charge in [0.25, 0.3) is 0 Å². The van der Waals surface area contributed by atoms with Gasteiger partial charge in [0, 0.05) is 6.04 Å². The van der Waals surface area contributed by atoms with Crippen LogP contribution in [0.4, 0.5) is 0 Å². The predicted molar refractivity (Wildman–Crippen MR) is 95.4 cm³/mol. The minimum absolute atomic E-state index is 0.140. The highest BCUT2D eigenvalue weighted by Crippen LogP contribution is 2.12. The maximum absolute atomic E-state index is 11.2. The SMILES string of the molecule is CC(CCc1ccc(O)cc1)NCCc1ccc(S(N)(=O)=O)cc1. The number of benzene rings is 2. The summed E-state index contributed by atoms with van der Waals surface area (Å²) in [5.41, 5.74) is 2.28. The Morgan fingerprint density at radius 3 is 2.12 bits per heavy atom. The number of primary sulfonamides is 1. The molecule has 5 nitrogen and oxygen atoms in total. The zero-order valence-corrected chi connectivity index (χ0v) is 14.6. The molecule has 0 aromatic heterocycles. The lowest BCUT2D eigenvalue weighted by molar-refractivity contribution is 0.474. The topological polar surface area (TPSA) is 92.4 Å². The molecule has 0 spiro atoms. The van der Waals surface area contributed by atoms with Gasteiger partial charge in [0.05, 0.1) is 4.90 Å². The Morgan fingerprint density at radius 2 is 1.54 bits per heavy atom. The number of aryl methyl sites for hydroxylation is 1. The van der Waals surface area contributed by atoms with Gasteiger partial charge in [0.1, 0.15) is 5.75 Å². The molecule has 0 radical (unpaired) electrons. The number of nitrogens with one attached hydrogen (secondary N) is 1. The zero-order valence-electron chi connectivity index (χ0n) is 13.8. The van der Waals surface area contributed by atoms with Crippen molar-refractivity contribution in [2.75, 3.05) is 6.54 Å². The molecule has 1 atom stereocenters. The molecule has 6 heteroatoms. The van der Waals surface area contributed by atoms with Crippen molar-refractivity contribution in [3.63, 3.8) is 0 Å². The summed E-state index contributed by atoms with van der Waals surface area (Å²) >= 11 is 0. The fraction of sp³-hybridized carbons (Fsp3) is 0.333. The van der Waals surface area contributed by atoms with Crippen molar-refractivity contribution in [2.24, 2.45) is 5.14 Å². The number of aromatic hydroxyl groups is 1. The van der Waals surface area contributed by atoms with Gasteiger partial charge in [0.15, 0.2) is 0 Å². The van der Waals surface area contributed by atoms with Crippen LogP contribution in [-0.4, -0.2) is 26.1 Å². The molecule has 0 saturated heterocycles. The minimum atomic E-state index is -3.62. The van der Waals surface area contributed by atoms with E-state index >= 15 is 0 Å². The lowest BCUT2D eigenvalue weighted by Gasteiger charge is -2.14. The zero-order chi connectivity index (χ0) is 17.6. The van der Waals surface area contributed by atoms with Crippen molar-refractivity contribution < 1.29 is 13.5 Å². The second-order valence-corrected chi connectivity index (χ2v) is 7.56. The summed E-state index contributed by atoms with van der Waals surface area (Å²) in [6.45, 7) is 2.97. The van der Waals surface area contributed by atoms with Gasteiger partial charge in [-0.25, -0.2) is 13.6 Å². The molecular formula is C18H24N2O3S. The summed E-state index contributed by atoms with van der Waals surface area (Å²) in [4.78, 5) is 0.140. The third-order valence-corrected chi connectivity index (χ3v) is 4.89. The third-order valence-electron chi connectivity index (χ3n) is 3.96. The summed E-state index contributed by atoms with van der Waals surface area (Å²) < 4.78 is 22.4. The van der Waals surface area contributed by atoms with E-state index in [0.717, 1.165) is 31.4 Å². The quantitative estimate of drug-likeness (QED) is 0.682. The molecule has 1 unspecified atom stereocenters. The van der Waals surface area contributed by atoms with Crippen LogP contribution in [0.2, 0.25) is 0 Å². The number of hydrogen-bond donors (Lipinski definition) is 3. The lowest BCUT2D eigenvalue weighted by Crippen LogP contribution is -2.28. The Labute approximate surface area is 143 Å². The number of rotatable bonds is 8. The summed E-state index contributed by atoms with van der Waals surface area (Å²) in [6, 6.07) is 14.3. The Morgan fingerprint density at radius 1 is 1.00 bits per heavy atom. The molecule has 0 fully saturated rings. The molecule has 0 aliphatic rings. The number of nitrogens with two attached hydrogens (primary N) is 1. The normalized spacial score (nSPS) is 12.9. The molecule has 0 amide bonds. The van der Waals surface area contributed by atoms with E-state index in [4.69, 9.17) is 5.14 Å². The Bertz CT molecular complexity index is 741. The van der Waals surface area contributed by atoms with Crippen LogP contribution in [0.25, 0.3) is 0 Å². The lowest BCUT2D eigenvalue weighted by atomic mass is 10.1. The first-order chi connectivity index (χ1) is 11.3. The molecule has 130 valence electrons. The number of phenols is 1. The van der Waals surface area contributed by atoms with E-state index in [9.17, 15) is 13.5 Å². The van der Waals surface area contributed by atoms with Crippen molar-refractivity contribution >= 4 is 10.0 Å². The van der Waals surface area contributed by atoms with Gasteiger partial charge in [-0.05, 0) is 68.1 Å². The Hall–Kier alpha value is -1.89. The van der Waals surface area contributed by atoms with Crippen LogP contribution >= 0.6 is 0 Å². The van der Waals surface area contributed by atoms with Gasteiger partial charge in [-0.15, -0.1) is 0 Å². The van der Waals surface area contributed by atoms with E-state index < -0.39 is 10.0 Å². The molecule has 24 heavy (non-hydrogen) atoms. The van der Waals surface area contributed by atoms with Gasteiger partial charge >= 0.3 is 0 Å². The molecule has 0 bridgehead atoms. The number of hydrogen-bond acceptors (Lipinski definition) is 4. The van der Waals surface area contributed by atoms with Crippen LogP contribution in [0, 0.1) is 0 Å². The molecule has 2 aromatic rings. The number of sulfonamides is 1. The summed E-state index contributed by atoms with van der Waals surface area (Å²) in [5, 5.41) is 17.8. The molecule has 0 heterocycles. The van der Waals surface area contributed by atoms with Crippen molar-refractivity contribution in [1.82, 2.24) is 5.32 Å². The third kappa shape index (κ3) is 5.96. The van der Waals surface area contributed by atoms with Crippen molar-refractivity contribution in [2.45, 2.75) is 37.1 Å². The molecule has 2 aromatic carbocycles. The van der Waals surface area contributed by atoms with Gasteiger partial charge in [0.2, 0.25) is 10.0 Å². The van der Waals surface area contributed by atoms with Crippen molar-refractivity contribution in [1.29, 1.82) is 0 Å². The van der Waals surface area contributed by atoms with Crippen LogP contribution < -0.4 is 10.5 Å². The van der Waals surface area contributed by atoms with Gasteiger partial charge < -0.3 is 10.4 Å². The van der Waals surface area contributed by atoms with Crippen molar-refractivity contribution in [3.05, 3.63) is 59.7 Å². The molecule has 0 aliphatic heterocycles.